The molecule has 1 saturated heterocycles. The molecule has 14 heavy (non-hydrogen) atoms. The molecule has 78 valence electrons. The quantitative estimate of drug-likeness (QED) is 0.790. The fraction of sp³-hybridized carbons (Fsp3) is 0.400. The van der Waals surface area contributed by atoms with Gasteiger partial charge in [-0.1, -0.05) is 17.7 Å². The lowest BCUT2D eigenvalue weighted by Gasteiger charge is -2.11. The monoisotopic (exact) mass is 235 g/mol. The maximum atomic E-state index is 13.4. The van der Waals surface area contributed by atoms with Crippen LogP contribution in [0.15, 0.2) is 18.2 Å². The number of rotatable bonds is 1. The Morgan fingerprint density at radius 3 is 2.79 bits per heavy atom. The molecule has 1 N–H and O–H groups in total. The summed E-state index contributed by atoms with van der Waals surface area (Å²) in [5, 5.41) is 3.75. The zero-order valence-corrected chi connectivity index (χ0v) is 9.17. The molecule has 0 bridgehead atoms. The highest BCUT2D eigenvalue weighted by molar-refractivity contribution is 6.31. The summed E-state index contributed by atoms with van der Waals surface area (Å²) in [5.74, 6) is 0.0647. The number of benzene rings is 1. The van der Waals surface area contributed by atoms with Crippen molar-refractivity contribution in [3.8, 4) is 0 Å². The minimum Gasteiger partial charge on any atom is -0.316 e. The SMILES string of the molecule is Cl.Fc1cccc(Cl)c1C1CCNC1. The van der Waals surface area contributed by atoms with Crippen LogP contribution in [-0.2, 0) is 0 Å². The molecule has 0 saturated carbocycles. The molecule has 0 aliphatic carbocycles. The highest BCUT2D eigenvalue weighted by Gasteiger charge is 2.21. The molecule has 1 nitrogen and oxygen atoms in total. The molecule has 2 rings (SSSR count). The van der Waals surface area contributed by atoms with Crippen molar-refractivity contribution >= 4 is 24.0 Å². The van der Waals surface area contributed by atoms with Crippen molar-refractivity contribution in [3.05, 3.63) is 34.6 Å². The number of halogens is 3. The van der Waals surface area contributed by atoms with E-state index in [0.29, 0.717) is 10.6 Å². The Bertz CT molecular complexity index is 291. The first-order chi connectivity index (χ1) is 6.29. The van der Waals surface area contributed by atoms with Gasteiger partial charge >= 0.3 is 0 Å². The Hall–Kier alpha value is -0.310. The molecule has 0 radical (unpaired) electrons. The summed E-state index contributed by atoms with van der Waals surface area (Å²) in [6.45, 7) is 1.79. The second-order valence-electron chi connectivity index (χ2n) is 3.33. The van der Waals surface area contributed by atoms with Crippen LogP contribution < -0.4 is 5.32 Å². The molecule has 1 aliphatic heterocycles. The third kappa shape index (κ3) is 2.19. The molecular formula is C10H12Cl2FN. The first kappa shape index (κ1) is 11.8. The van der Waals surface area contributed by atoms with Crippen LogP contribution in [0.5, 0.6) is 0 Å². The highest BCUT2D eigenvalue weighted by atomic mass is 35.5. The van der Waals surface area contributed by atoms with Crippen LogP contribution >= 0.6 is 24.0 Å². The second-order valence-corrected chi connectivity index (χ2v) is 3.73. The van der Waals surface area contributed by atoms with Gasteiger partial charge in [-0.2, -0.15) is 0 Å². The molecule has 1 aromatic rings. The second kappa shape index (κ2) is 4.96. The van der Waals surface area contributed by atoms with Crippen LogP contribution in [0.4, 0.5) is 4.39 Å². The molecule has 1 aromatic carbocycles. The Labute approximate surface area is 94.1 Å². The van der Waals surface area contributed by atoms with Gasteiger partial charge in [-0.3, -0.25) is 0 Å². The van der Waals surface area contributed by atoms with Gasteiger partial charge in [-0.05, 0) is 25.1 Å². The third-order valence-electron chi connectivity index (χ3n) is 2.47. The average Bonchev–Trinajstić information content (AvgIpc) is 2.57. The summed E-state index contributed by atoms with van der Waals surface area (Å²) < 4.78 is 13.4. The van der Waals surface area contributed by atoms with Crippen molar-refractivity contribution in [1.82, 2.24) is 5.32 Å². The predicted octanol–water partition coefficient (Wildman–Crippen LogP) is 2.98. The topological polar surface area (TPSA) is 12.0 Å². The summed E-state index contributed by atoms with van der Waals surface area (Å²) in [6.07, 6.45) is 0.973. The van der Waals surface area contributed by atoms with Crippen molar-refractivity contribution in [1.29, 1.82) is 0 Å². The van der Waals surface area contributed by atoms with Gasteiger partial charge in [-0.15, -0.1) is 12.4 Å². The zero-order valence-electron chi connectivity index (χ0n) is 7.59. The fourth-order valence-electron chi connectivity index (χ4n) is 1.80. The highest BCUT2D eigenvalue weighted by Crippen LogP contribution is 2.30. The van der Waals surface area contributed by atoms with Crippen LogP contribution in [0.2, 0.25) is 5.02 Å². The predicted molar refractivity (Wildman–Crippen MR) is 58.9 cm³/mol. The van der Waals surface area contributed by atoms with E-state index in [1.807, 2.05) is 0 Å². The van der Waals surface area contributed by atoms with Crippen LogP contribution in [-0.4, -0.2) is 13.1 Å². The molecule has 0 amide bonds. The standard InChI is InChI=1S/C10H11ClFN.ClH/c11-8-2-1-3-9(12)10(8)7-4-5-13-6-7;/h1-3,7,13H,4-6H2;1H. The van der Waals surface area contributed by atoms with E-state index in [0.717, 1.165) is 19.5 Å². The molecular weight excluding hydrogens is 224 g/mol. The molecule has 0 aromatic heterocycles. The van der Waals surface area contributed by atoms with E-state index in [1.165, 1.54) is 6.07 Å². The molecule has 0 spiro atoms. The molecule has 1 heterocycles. The molecule has 1 aliphatic rings. The summed E-state index contributed by atoms with van der Waals surface area (Å²) in [6, 6.07) is 4.86. The van der Waals surface area contributed by atoms with Crippen LogP contribution in [0.3, 0.4) is 0 Å². The smallest absolute Gasteiger partial charge is 0.128 e. The Morgan fingerprint density at radius 1 is 1.43 bits per heavy atom. The van der Waals surface area contributed by atoms with E-state index >= 15 is 0 Å². The van der Waals surface area contributed by atoms with Gasteiger partial charge in [0.05, 0.1) is 0 Å². The largest absolute Gasteiger partial charge is 0.316 e. The molecule has 1 fully saturated rings. The van der Waals surface area contributed by atoms with Gasteiger partial charge in [0.2, 0.25) is 0 Å². The van der Waals surface area contributed by atoms with E-state index < -0.39 is 0 Å². The van der Waals surface area contributed by atoms with Crippen molar-refractivity contribution < 1.29 is 4.39 Å². The van der Waals surface area contributed by atoms with E-state index in [9.17, 15) is 4.39 Å². The lowest BCUT2D eigenvalue weighted by molar-refractivity contribution is 0.588. The summed E-state index contributed by atoms with van der Waals surface area (Å²) in [7, 11) is 0. The Morgan fingerprint density at radius 2 is 2.21 bits per heavy atom. The normalized spacial score (nSPS) is 20.6. The maximum Gasteiger partial charge on any atom is 0.128 e. The van der Waals surface area contributed by atoms with Crippen molar-refractivity contribution in [2.75, 3.05) is 13.1 Å². The van der Waals surface area contributed by atoms with Gasteiger partial charge in [0, 0.05) is 23.0 Å². The van der Waals surface area contributed by atoms with Crippen LogP contribution in [0, 0.1) is 5.82 Å². The Balaban J connectivity index is 0.000000980. The molecule has 1 unspecified atom stereocenters. The minimum absolute atomic E-state index is 0. The third-order valence-corrected chi connectivity index (χ3v) is 2.80. The first-order valence-corrected chi connectivity index (χ1v) is 4.81. The van der Waals surface area contributed by atoms with Crippen molar-refractivity contribution in [2.24, 2.45) is 0 Å². The number of nitrogens with one attached hydrogen (secondary N) is 1. The van der Waals surface area contributed by atoms with Gasteiger partial charge in [0.1, 0.15) is 5.82 Å². The lowest BCUT2D eigenvalue weighted by Crippen LogP contribution is -2.09. The van der Waals surface area contributed by atoms with Crippen LogP contribution in [0.25, 0.3) is 0 Å². The van der Waals surface area contributed by atoms with Crippen molar-refractivity contribution in [3.63, 3.8) is 0 Å². The number of hydrogen-bond donors (Lipinski definition) is 1. The summed E-state index contributed by atoms with van der Waals surface area (Å²) in [5.41, 5.74) is 0.675. The minimum atomic E-state index is -0.179. The Kier molecular flexibility index (Phi) is 4.17. The van der Waals surface area contributed by atoms with Gasteiger partial charge in [-0.25, -0.2) is 4.39 Å². The van der Waals surface area contributed by atoms with Gasteiger partial charge < -0.3 is 5.32 Å². The van der Waals surface area contributed by atoms with Gasteiger partial charge in [0.15, 0.2) is 0 Å². The fourth-order valence-corrected chi connectivity index (χ4v) is 2.12. The maximum absolute atomic E-state index is 13.4. The molecule has 4 heteroatoms. The molecule has 1 atom stereocenters. The zero-order chi connectivity index (χ0) is 9.26. The summed E-state index contributed by atoms with van der Waals surface area (Å²) in [4.78, 5) is 0. The summed E-state index contributed by atoms with van der Waals surface area (Å²) >= 11 is 5.94. The van der Waals surface area contributed by atoms with Crippen LogP contribution in [0.1, 0.15) is 17.9 Å². The van der Waals surface area contributed by atoms with E-state index in [2.05, 4.69) is 5.32 Å². The van der Waals surface area contributed by atoms with Crippen molar-refractivity contribution in [2.45, 2.75) is 12.3 Å². The van der Waals surface area contributed by atoms with Gasteiger partial charge in [0.25, 0.3) is 0 Å². The van der Waals surface area contributed by atoms with E-state index in [4.69, 9.17) is 11.6 Å². The van der Waals surface area contributed by atoms with E-state index in [-0.39, 0.29) is 24.1 Å². The van der Waals surface area contributed by atoms with E-state index in [1.54, 1.807) is 12.1 Å². The lowest BCUT2D eigenvalue weighted by atomic mass is 9.98. The first-order valence-electron chi connectivity index (χ1n) is 4.43. The average molecular weight is 236 g/mol. The number of hydrogen-bond acceptors (Lipinski definition) is 1.